The highest BCUT2D eigenvalue weighted by Gasteiger charge is 2.28. The van der Waals surface area contributed by atoms with Crippen LogP contribution in [-0.4, -0.2) is 58.4 Å². The molecule has 3 rings (SSSR count). The Bertz CT molecular complexity index is 886. The first kappa shape index (κ1) is 21.5. The van der Waals surface area contributed by atoms with Gasteiger partial charge in [-0.1, -0.05) is 12.1 Å². The van der Waals surface area contributed by atoms with Gasteiger partial charge in [-0.3, -0.25) is 24.7 Å². The van der Waals surface area contributed by atoms with Crippen molar-refractivity contribution in [2.75, 3.05) is 13.1 Å². The van der Waals surface area contributed by atoms with Crippen LogP contribution in [0.2, 0.25) is 0 Å². The monoisotopic (exact) mass is 414 g/mol. The van der Waals surface area contributed by atoms with Crippen LogP contribution in [0.15, 0.2) is 24.4 Å². The number of imide groups is 1. The molecule has 2 aliphatic heterocycles. The second-order valence-electron chi connectivity index (χ2n) is 8.31. The summed E-state index contributed by atoms with van der Waals surface area (Å²) in [6.07, 6.45) is 4.34. The first-order chi connectivity index (χ1) is 14.1. The van der Waals surface area contributed by atoms with Crippen molar-refractivity contribution < 1.29 is 23.9 Å². The van der Waals surface area contributed by atoms with Gasteiger partial charge in [0.1, 0.15) is 17.3 Å². The fraction of sp³-hybridized carbons (Fsp3) is 0.476. The van der Waals surface area contributed by atoms with Crippen LogP contribution in [0.3, 0.4) is 0 Å². The number of hydrogen-bond donors (Lipinski definition) is 2. The number of ether oxygens (including phenoxy) is 1. The number of nitrogens with one attached hydrogen (secondary N) is 2. The summed E-state index contributed by atoms with van der Waals surface area (Å²) in [5.74, 6) is -1.30. The van der Waals surface area contributed by atoms with E-state index in [2.05, 4.69) is 15.6 Å². The SMILES string of the molecule is CC(C)(C)OC(=O)N1CC=C(c2ccc(C(=O)NC3CCC(=O)NC3=O)nc2)CC1. The molecule has 0 bridgehead atoms. The fourth-order valence-electron chi connectivity index (χ4n) is 3.21. The Balaban J connectivity index is 1.58. The van der Waals surface area contributed by atoms with Gasteiger partial charge in [-0.2, -0.15) is 0 Å². The highest BCUT2D eigenvalue weighted by Crippen LogP contribution is 2.23. The summed E-state index contributed by atoms with van der Waals surface area (Å²) < 4.78 is 5.39. The standard InChI is InChI=1S/C21H26N4O5/c1-21(2,3)30-20(29)25-10-8-13(9-11-25)14-4-5-15(22-12-14)18(27)23-16-6-7-17(26)24-19(16)28/h4-5,8,12,16H,6-7,9-11H2,1-3H3,(H,23,27)(H,24,26,28). The smallest absolute Gasteiger partial charge is 0.410 e. The average Bonchev–Trinajstić information content (AvgIpc) is 2.69. The molecule has 1 aromatic heterocycles. The maximum absolute atomic E-state index is 12.3. The summed E-state index contributed by atoms with van der Waals surface area (Å²) in [5.41, 5.74) is 1.57. The Kier molecular flexibility index (Phi) is 6.19. The molecule has 9 nitrogen and oxygen atoms in total. The van der Waals surface area contributed by atoms with Gasteiger partial charge in [0.05, 0.1) is 0 Å². The van der Waals surface area contributed by atoms with Gasteiger partial charge >= 0.3 is 6.09 Å². The summed E-state index contributed by atoms with van der Waals surface area (Å²) in [4.78, 5) is 53.3. The predicted molar refractivity (Wildman–Crippen MR) is 108 cm³/mol. The second-order valence-corrected chi connectivity index (χ2v) is 8.31. The number of carbonyl (C=O) groups is 4. The van der Waals surface area contributed by atoms with Crippen LogP contribution < -0.4 is 10.6 Å². The molecule has 9 heteroatoms. The molecule has 4 amide bonds. The van der Waals surface area contributed by atoms with Gasteiger partial charge in [0.15, 0.2) is 0 Å². The van der Waals surface area contributed by atoms with E-state index in [1.165, 1.54) is 0 Å². The van der Waals surface area contributed by atoms with Gasteiger partial charge in [0.25, 0.3) is 5.91 Å². The minimum absolute atomic E-state index is 0.190. The van der Waals surface area contributed by atoms with Crippen molar-refractivity contribution in [2.24, 2.45) is 0 Å². The van der Waals surface area contributed by atoms with Crippen LogP contribution in [-0.2, 0) is 14.3 Å². The predicted octanol–water partition coefficient (Wildman–Crippen LogP) is 1.64. The van der Waals surface area contributed by atoms with Crippen molar-refractivity contribution in [3.63, 3.8) is 0 Å². The molecule has 1 saturated heterocycles. The van der Waals surface area contributed by atoms with E-state index in [-0.39, 0.29) is 30.5 Å². The van der Waals surface area contributed by atoms with E-state index in [1.54, 1.807) is 23.2 Å². The largest absolute Gasteiger partial charge is 0.444 e. The third-order valence-corrected chi connectivity index (χ3v) is 4.77. The van der Waals surface area contributed by atoms with Crippen LogP contribution in [0.4, 0.5) is 4.79 Å². The highest BCUT2D eigenvalue weighted by atomic mass is 16.6. The van der Waals surface area contributed by atoms with Crippen molar-refractivity contribution in [3.8, 4) is 0 Å². The van der Waals surface area contributed by atoms with Gasteiger partial charge in [-0.25, -0.2) is 4.79 Å². The Morgan fingerprint density at radius 1 is 1.23 bits per heavy atom. The molecular weight excluding hydrogens is 388 g/mol. The van der Waals surface area contributed by atoms with Crippen molar-refractivity contribution in [1.82, 2.24) is 20.5 Å². The van der Waals surface area contributed by atoms with Gasteiger partial charge in [0, 0.05) is 25.7 Å². The van der Waals surface area contributed by atoms with E-state index in [0.717, 1.165) is 11.1 Å². The highest BCUT2D eigenvalue weighted by molar-refractivity contribution is 6.03. The molecule has 1 fully saturated rings. The van der Waals surface area contributed by atoms with Crippen LogP contribution in [0, 0.1) is 0 Å². The zero-order chi connectivity index (χ0) is 21.9. The number of pyridine rings is 1. The number of hydrogen-bond acceptors (Lipinski definition) is 6. The van der Waals surface area contributed by atoms with Gasteiger partial charge < -0.3 is 15.0 Å². The van der Waals surface area contributed by atoms with Gasteiger partial charge in [-0.15, -0.1) is 0 Å². The van der Waals surface area contributed by atoms with Crippen LogP contribution in [0.1, 0.15) is 56.1 Å². The number of rotatable bonds is 3. The topological polar surface area (TPSA) is 118 Å². The van der Waals surface area contributed by atoms with E-state index < -0.39 is 23.5 Å². The number of aromatic nitrogens is 1. The Morgan fingerprint density at radius 2 is 2.00 bits per heavy atom. The number of carbonyl (C=O) groups excluding carboxylic acids is 4. The molecule has 0 radical (unpaired) electrons. The third kappa shape index (κ3) is 5.43. The minimum Gasteiger partial charge on any atom is -0.444 e. The molecule has 2 N–H and O–H groups in total. The molecule has 2 aliphatic rings. The Hall–Kier alpha value is -3.23. The quantitative estimate of drug-likeness (QED) is 0.726. The average molecular weight is 414 g/mol. The van der Waals surface area contributed by atoms with Gasteiger partial charge in [-0.05, 0) is 50.8 Å². The van der Waals surface area contributed by atoms with E-state index in [1.807, 2.05) is 26.8 Å². The molecule has 1 unspecified atom stereocenters. The number of amides is 4. The van der Waals surface area contributed by atoms with Crippen molar-refractivity contribution >= 4 is 29.4 Å². The molecule has 160 valence electrons. The van der Waals surface area contributed by atoms with E-state index >= 15 is 0 Å². The lowest BCUT2D eigenvalue weighted by molar-refractivity contribution is -0.134. The molecule has 0 saturated carbocycles. The van der Waals surface area contributed by atoms with E-state index in [9.17, 15) is 19.2 Å². The maximum atomic E-state index is 12.3. The molecule has 30 heavy (non-hydrogen) atoms. The zero-order valence-corrected chi connectivity index (χ0v) is 17.4. The molecule has 1 atom stereocenters. The maximum Gasteiger partial charge on any atom is 0.410 e. The normalized spacial score (nSPS) is 19.6. The third-order valence-electron chi connectivity index (χ3n) is 4.77. The van der Waals surface area contributed by atoms with Crippen LogP contribution >= 0.6 is 0 Å². The second kappa shape index (κ2) is 8.64. The zero-order valence-electron chi connectivity index (χ0n) is 17.4. The van der Waals surface area contributed by atoms with E-state index in [4.69, 9.17) is 4.74 Å². The molecule has 0 aliphatic carbocycles. The van der Waals surface area contributed by atoms with E-state index in [0.29, 0.717) is 19.5 Å². The van der Waals surface area contributed by atoms with Crippen LogP contribution in [0.25, 0.3) is 5.57 Å². The number of piperidine rings is 1. The molecule has 0 spiro atoms. The van der Waals surface area contributed by atoms with Crippen molar-refractivity contribution in [2.45, 2.75) is 51.7 Å². The molecule has 1 aromatic rings. The first-order valence-corrected chi connectivity index (χ1v) is 9.90. The van der Waals surface area contributed by atoms with Crippen molar-refractivity contribution in [3.05, 3.63) is 35.7 Å². The first-order valence-electron chi connectivity index (χ1n) is 9.90. The van der Waals surface area contributed by atoms with Crippen LogP contribution in [0.5, 0.6) is 0 Å². The van der Waals surface area contributed by atoms with Crippen molar-refractivity contribution in [1.29, 1.82) is 0 Å². The molecule has 0 aromatic carbocycles. The van der Waals surface area contributed by atoms with Gasteiger partial charge in [0.2, 0.25) is 11.8 Å². The Labute approximate surface area is 174 Å². The molecular formula is C21H26N4O5. The summed E-state index contributed by atoms with van der Waals surface area (Å²) in [6, 6.07) is 2.65. The Morgan fingerprint density at radius 3 is 2.57 bits per heavy atom. The number of nitrogens with zero attached hydrogens (tertiary/aromatic N) is 2. The fourth-order valence-corrected chi connectivity index (χ4v) is 3.21. The summed E-state index contributed by atoms with van der Waals surface area (Å²) in [6.45, 7) is 6.49. The molecule has 3 heterocycles. The summed E-state index contributed by atoms with van der Waals surface area (Å²) in [7, 11) is 0. The minimum atomic E-state index is -0.739. The summed E-state index contributed by atoms with van der Waals surface area (Å²) in [5, 5.41) is 4.81. The lowest BCUT2D eigenvalue weighted by Crippen LogP contribution is -2.52. The summed E-state index contributed by atoms with van der Waals surface area (Å²) >= 11 is 0. The lowest BCUT2D eigenvalue weighted by atomic mass is 10.0. The lowest BCUT2D eigenvalue weighted by Gasteiger charge is -2.29.